The molecule has 1 heterocycles. The largest absolute Gasteiger partial charge is 0.383 e. The third-order valence-corrected chi connectivity index (χ3v) is 6.59. The summed E-state index contributed by atoms with van der Waals surface area (Å²) in [7, 11) is -0.714. The quantitative estimate of drug-likeness (QED) is 0.463. The Hall–Kier alpha value is -2.01. The van der Waals surface area contributed by atoms with E-state index in [1.165, 1.54) is 19.2 Å². The summed E-state index contributed by atoms with van der Waals surface area (Å²) in [6, 6.07) is 13.7. The molecule has 2 aromatic carbocycles. The maximum absolute atomic E-state index is 13.1. The number of carbonyl (C=O) groups is 1. The number of likely N-dealkylation sites (N-methyl/N-ethyl adjacent to an activating group) is 1. The minimum absolute atomic E-state index is 0.0173. The fourth-order valence-corrected chi connectivity index (χ4v) is 4.73. The molecule has 0 saturated carbocycles. The molecule has 2 aromatic rings. The number of hydrogen-bond acceptors (Lipinski definition) is 6. The van der Waals surface area contributed by atoms with Gasteiger partial charge in [-0.15, -0.1) is 0 Å². The van der Waals surface area contributed by atoms with Gasteiger partial charge in [-0.1, -0.05) is 40.2 Å². The number of amides is 1. The summed E-state index contributed by atoms with van der Waals surface area (Å²) in [4.78, 5) is 14.8. The van der Waals surface area contributed by atoms with Crippen molar-refractivity contribution in [2.24, 2.45) is 0 Å². The maximum Gasteiger partial charge on any atom is 0.311 e. The van der Waals surface area contributed by atoms with Crippen LogP contribution < -0.4 is 9.50 Å². The number of hydrogen-bond donors (Lipinski definition) is 1. The Morgan fingerprint density at radius 3 is 2.41 bits per heavy atom. The lowest BCUT2D eigenvalue weighted by molar-refractivity contribution is -0.124. The number of methoxy groups -OCH3 is 1. The molecule has 29 heavy (non-hydrogen) atoms. The summed E-state index contributed by atoms with van der Waals surface area (Å²) in [6.07, 6.45) is 0. The van der Waals surface area contributed by atoms with Crippen LogP contribution in [0.4, 0.5) is 0 Å². The normalized spacial score (nSPS) is 19.3. The highest BCUT2D eigenvalue weighted by Crippen LogP contribution is 2.40. The fraction of sp³-hybridized carbons (Fsp3) is 0.263. The molecule has 0 radical (unpaired) electrons. The lowest BCUT2D eigenvalue weighted by Gasteiger charge is -2.35. The van der Waals surface area contributed by atoms with Crippen molar-refractivity contribution in [2.75, 3.05) is 26.5 Å². The smallest absolute Gasteiger partial charge is 0.311 e. The van der Waals surface area contributed by atoms with Crippen molar-refractivity contribution < 1.29 is 22.1 Å². The van der Waals surface area contributed by atoms with E-state index in [4.69, 9.17) is 21.1 Å². The van der Waals surface area contributed by atoms with Gasteiger partial charge in [0.1, 0.15) is 11.5 Å². The van der Waals surface area contributed by atoms with Crippen molar-refractivity contribution in [2.45, 2.75) is 5.54 Å². The Kier molecular flexibility index (Phi) is 6.27. The van der Waals surface area contributed by atoms with Crippen molar-refractivity contribution in [1.29, 1.82) is 0 Å². The van der Waals surface area contributed by atoms with Crippen molar-refractivity contribution in [1.82, 2.24) is 10.2 Å². The molecule has 1 fully saturated rings. The summed E-state index contributed by atoms with van der Waals surface area (Å²) in [5, 5.41) is 2.97. The van der Waals surface area contributed by atoms with E-state index in [2.05, 4.69) is 21.2 Å². The molecule has 7 nitrogen and oxygen atoms in total. The number of carbonyl (C=O) groups excluding carboxylic acids is 1. The minimum atomic E-state index is -3.84. The van der Waals surface area contributed by atoms with Crippen LogP contribution in [0.1, 0.15) is 11.1 Å². The average Bonchev–Trinajstić information content (AvgIpc) is 2.89. The first kappa shape index (κ1) is 21.7. The Bertz CT molecular complexity index is 1060. The number of benzene rings is 2. The molecular formula is C19H19BrN2O5S2. The molecule has 10 heteroatoms. The van der Waals surface area contributed by atoms with Gasteiger partial charge < -0.3 is 19.1 Å². The van der Waals surface area contributed by atoms with E-state index in [1.807, 2.05) is 24.3 Å². The molecule has 1 atom stereocenters. The van der Waals surface area contributed by atoms with Crippen LogP contribution in [0.25, 0.3) is 0 Å². The van der Waals surface area contributed by atoms with Gasteiger partial charge in [-0.3, -0.25) is 4.79 Å². The SMILES string of the molecule is COCCS(=O)(=O)Oc1cccc(C2(c3cccc(Br)c3)C(=O)NC(=S)N2C)c1. The Morgan fingerprint density at radius 1 is 1.17 bits per heavy atom. The molecule has 1 amide bonds. The third kappa shape index (κ3) is 4.16. The van der Waals surface area contributed by atoms with E-state index >= 15 is 0 Å². The Balaban J connectivity index is 2.12. The number of nitrogens with one attached hydrogen (secondary N) is 1. The van der Waals surface area contributed by atoms with Gasteiger partial charge in [0.15, 0.2) is 10.7 Å². The molecule has 0 spiro atoms. The molecule has 1 unspecified atom stereocenters. The highest BCUT2D eigenvalue weighted by molar-refractivity contribution is 9.10. The zero-order valence-electron chi connectivity index (χ0n) is 15.7. The molecule has 0 bridgehead atoms. The van der Waals surface area contributed by atoms with E-state index in [0.717, 1.165) is 4.47 Å². The monoisotopic (exact) mass is 498 g/mol. The van der Waals surface area contributed by atoms with Gasteiger partial charge in [0.05, 0.1) is 6.61 Å². The molecule has 1 aliphatic rings. The predicted molar refractivity (Wildman–Crippen MR) is 116 cm³/mol. The lowest BCUT2D eigenvalue weighted by Crippen LogP contribution is -2.45. The second-order valence-corrected chi connectivity index (χ2v) is 9.40. The molecule has 3 rings (SSSR count). The van der Waals surface area contributed by atoms with Gasteiger partial charge in [0, 0.05) is 18.6 Å². The van der Waals surface area contributed by atoms with Crippen LogP contribution in [0.15, 0.2) is 53.0 Å². The summed E-state index contributed by atoms with van der Waals surface area (Å²) in [6.45, 7) is 0.0173. The standard InChI is InChI=1S/C19H19BrN2O5S2/c1-22-18(28)21-17(23)19(22,13-5-3-7-15(20)11-13)14-6-4-8-16(12-14)27-29(24,25)10-9-26-2/h3-8,11-12H,9-10H2,1-2H3,(H,21,23,28). The van der Waals surface area contributed by atoms with Gasteiger partial charge >= 0.3 is 10.1 Å². The Labute approximate surface area is 183 Å². The van der Waals surface area contributed by atoms with E-state index in [-0.39, 0.29) is 29.1 Å². The summed E-state index contributed by atoms with van der Waals surface area (Å²) < 4.78 is 35.1. The van der Waals surface area contributed by atoms with Crippen molar-refractivity contribution in [3.05, 3.63) is 64.1 Å². The molecule has 1 N–H and O–H groups in total. The van der Waals surface area contributed by atoms with Crippen molar-refractivity contribution in [3.8, 4) is 5.75 Å². The predicted octanol–water partition coefficient (Wildman–Crippen LogP) is 2.39. The second kappa shape index (κ2) is 8.39. The van der Waals surface area contributed by atoms with E-state index in [0.29, 0.717) is 11.1 Å². The van der Waals surface area contributed by atoms with Gasteiger partial charge in [0.2, 0.25) is 0 Å². The van der Waals surface area contributed by atoms with Crippen LogP contribution in [0.2, 0.25) is 0 Å². The number of thiocarbonyl (C=S) groups is 1. The van der Waals surface area contributed by atoms with Crippen molar-refractivity contribution in [3.63, 3.8) is 0 Å². The van der Waals surface area contributed by atoms with E-state index in [9.17, 15) is 13.2 Å². The zero-order valence-corrected chi connectivity index (χ0v) is 18.9. The lowest BCUT2D eigenvalue weighted by atomic mass is 9.81. The average molecular weight is 499 g/mol. The minimum Gasteiger partial charge on any atom is -0.383 e. The van der Waals surface area contributed by atoms with E-state index < -0.39 is 15.7 Å². The maximum atomic E-state index is 13.1. The first-order valence-electron chi connectivity index (χ1n) is 8.57. The van der Waals surface area contributed by atoms with Gasteiger partial charge in [-0.25, -0.2) is 0 Å². The zero-order chi connectivity index (χ0) is 21.2. The first-order valence-corrected chi connectivity index (χ1v) is 11.4. The number of rotatable bonds is 7. The van der Waals surface area contributed by atoms with Crippen molar-refractivity contribution >= 4 is 49.3 Å². The number of nitrogens with zero attached hydrogens (tertiary/aromatic N) is 1. The molecular weight excluding hydrogens is 480 g/mol. The topological polar surface area (TPSA) is 84.9 Å². The summed E-state index contributed by atoms with van der Waals surface area (Å²) in [5.74, 6) is -0.510. The van der Waals surface area contributed by atoms with Gasteiger partial charge in [-0.05, 0) is 47.6 Å². The molecule has 0 aromatic heterocycles. The molecule has 0 aliphatic carbocycles. The Morgan fingerprint density at radius 2 is 1.83 bits per heavy atom. The van der Waals surface area contributed by atoms with Crippen LogP contribution in [-0.4, -0.2) is 50.9 Å². The molecule has 1 saturated heterocycles. The number of halogens is 1. The van der Waals surface area contributed by atoms with Gasteiger partial charge in [-0.2, -0.15) is 8.42 Å². The van der Waals surface area contributed by atoms with Crippen LogP contribution >= 0.6 is 28.1 Å². The van der Waals surface area contributed by atoms with E-state index in [1.54, 1.807) is 24.1 Å². The van der Waals surface area contributed by atoms with Crippen LogP contribution in [0.5, 0.6) is 5.75 Å². The first-order chi connectivity index (χ1) is 13.7. The van der Waals surface area contributed by atoms with Crippen LogP contribution in [0, 0.1) is 0 Å². The number of ether oxygens (including phenoxy) is 1. The second-order valence-electron chi connectivity index (χ2n) is 6.40. The fourth-order valence-electron chi connectivity index (χ4n) is 3.25. The van der Waals surface area contributed by atoms with Gasteiger partial charge in [0.25, 0.3) is 5.91 Å². The third-order valence-electron chi connectivity index (χ3n) is 4.61. The molecule has 1 aliphatic heterocycles. The van der Waals surface area contributed by atoms with Crippen LogP contribution in [0.3, 0.4) is 0 Å². The summed E-state index contributed by atoms with van der Waals surface area (Å²) >= 11 is 8.75. The van der Waals surface area contributed by atoms with Crippen LogP contribution in [-0.2, 0) is 25.2 Å². The highest BCUT2D eigenvalue weighted by Gasteiger charge is 2.52. The highest BCUT2D eigenvalue weighted by atomic mass is 79.9. The summed E-state index contributed by atoms with van der Waals surface area (Å²) in [5.41, 5.74) is -0.0720. The molecule has 154 valence electrons.